The topological polar surface area (TPSA) is 93.9 Å². The Labute approximate surface area is 208 Å². The van der Waals surface area contributed by atoms with E-state index in [1.54, 1.807) is 29.2 Å². The van der Waals surface area contributed by atoms with Gasteiger partial charge >= 0.3 is 6.18 Å². The molecule has 1 atom stereocenters. The number of rotatable bonds is 12. The van der Waals surface area contributed by atoms with Crippen LogP contribution in [0.4, 0.5) is 18.9 Å². The van der Waals surface area contributed by atoms with Gasteiger partial charge in [-0.1, -0.05) is 25.1 Å². The molecule has 36 heavy (non-hydrogen) atoms. The number of nitrogens with one attached hydrogen (secondary N) is 1. The molecule has 3 N–H and O–H groups in total. The number of ether oxygens (including phenoxy) is 2. The molecule has 2 aromatic rings. The molecule has 0 unspecified atom stereocenters. The maximum Gasteiger partial charge on any atom is 0.422 e. The third-order valence-electron chi connectivity index (χ3n) is 5.79. The first-order valence-electron chi connectivity index (χ1n) is 12.0. The Morgan fingerprint density at radius 2 is 1.86 bits per heavy atom. The Morgan fingerprint density at radius 1 is 1.17 bits per heavy atom. The second-order valence-electron chi connectivity index (χ2n) is 8.82. The minimum absolute atomic E-state index is 0.00749. The van der Waals surface area contributed by atoms with Gasteiger partial charge in [-0.05, 0) is 55.5 Å². The summed E-state index contributed by atoms with van der Waals surface area (Å²) in [5, 5.41) is 3.31. The molecular weight excluding hydrogens is 475 g/mol. The number of carbonyl (C=O) groups is 2. The molecule has 1 aliphatic rings. The number of halogens is 3. The number of benzene rings is 2. The van der Waals surface area contributed by atoms with E-state index in [1.165, 1.54) is 6.07 Å². The van der Waals surface area contributed by atoms with E-state index in [0.29, 0.717) is 43.6 Å². The third kappa shape index (κ3) is 7.36. The number of primary amides is 1. The Hall–Kier alpha value is -3.27. The molecule has 0 saturated carbocycles. The molecule has 3 rings (SSSR count). The minimum Gasteiger partial charge on any atom is -0.488 e. The average molecular weight is 508 g/mol. The molecule has 2 aromatic carbocycles. The van der Waals surface area contributed by atoms with Gasteiger partial charge in [-0.2, -0.15) is 13.2 Å². The highest BCUT2D eigenvalue weighted by Gasteiger charge is 2.30. The van der Waals surface area contributed by atoms with Gasteiger partial charge < -0.3 is 25.4 Å². The second-order valence-corrected chi connectivity index (χ2v) is 8.82. The summed E-state index contributed by atoms with van der Waals surface area (Å²) in [5.74, 6) is -0.300. The van der Waals surface area contributed by atoms with Crippen molar-refractivity contribution >= 4 is 17.5 Å². The number of nitrogens with zero attached hydrogens (tertiary/aromatic N) is 1. The van der Waals surface area contributed by atoms with Gasteiger partial charge in [-0.15, -0.1) is 0 Å². The predicted molar refractivity (Wildman–Crippen MR) is 131 cm³/mol. The summed E-state index contributed by atoms with van der Waals surface area (Å²) in [6.07, 6.45) is -2.00. The monoisotopic (exact) mass is 507 g/mol. The number of alkyl halides is 3. The highest BCUT2D eigenvalue weighted by atomic mass is 19.4. The first-order valence-corrected chi connectivity index (χ1v) is 12.0. The number of amides is 2. The largest absolute Gasteiger partial charge is 0.488 e. The fourth-order valence-electron chi connectivity index (χ4n) is 4.26. The van der Waals surface area contributed by atoms with Crippen molar-refractivity contribution in [3.8, 4) is 11.5 Å². The predicted octanol–water partition coefficient (Wildman–Crippen LogP) is 4.02. The zero-order chi connectivity index (χ0) is 26.3. The van der Waals surface area contributed by atoms with Crippen molar-refractivity contribution in [1.82, 2.24) is 5.32 Å². The highest BCUT2D eigenvalue weighted by molar-refractivity contribution is 6.06. The number of anilines is 1. The van der Waals surface area contributed by atoms with Crippen LogP contribution in [-0.4, -0.2) is 50.3 Å². The van der Waals surface area contributed by atoms with Gasteiger partial charge in [0.15, 0.2) is 18.1 Å². The molecule has 196 valence electrons. The number of hydrogen-bond acceptors (Lipinski definition) is 5. The maximum absolute atomic E-state index is 12.5. The number of fused-ring (bicyclic) bond motifs is 1. The van der Waals surface area contributed by atoms with Crippen molar-refractivity contribution in [3.63, 3.8) is 0 Å². The van der Waals surface area contributed by atoms with Crippen LogP contribution in [-0.2, 0) is 17.6 Å². The standard InChI is InChI=1S/C26H32F3N3O4/c1-3-6-23(33)32-11-9-19-14-18(15-20(24(19)32)25(30)34)13-17(2)31-10-12-35-21-7-4-5-8-22(21)36-16-26(27,28)29/h4-5,7-8,14-15,17,31H,3,6,9-13,16H2,1-2H3,(H2,30,34)/t17-/m1/s1. The third-order valence-corrected chi connectivity index (χ3v) is 5.79. The van der Waals surface area contributed by atoms with Crippen LogP contribution in [0.3, 0.4) is 0 Å². The zero-order valence-corrected chi connectivity index (χ0v) is 20.5. The summed E-state index contributed by atoms with van der Waals surface area (Å²) in [7, 11) is 0. The van der Waals surface area contributed by atoms with Gasteiger partial charge in [0.05, 0.1) is 11.3 Å². The Balaban J connectivity index is 1.56. The van der Waals surface area contributed by atoms with Crippen LogP contribution in [0, 0.1) is 0 Å². The highest BCUT2D eigenvalue weighted by Crippen LogP contribution is 2.34. The van der Waals surface area contributed by atoms with Gasteiger partial charge in [0.2, 0.25) is 5.91 Å². The summed E-state index contributed by atoms with van der Waals surface area (Å²) < 4.78 is 47.8. The lowest BCUT2D eigenvalue weighted by atomic mass is 9.98. The van der Waals surface area contributed by atoms with E-state index < -0.39 is 18.7 Å². The van der Waals surface area contributed by atoms with Crippen LogP contribution < -0.4 is 25.4 Å². The normalized spacial score (nSPS) is 13.9. The van der Waals surface area contributed by atoms with Crippen molar-refractivity contribution < 1.29 is 32.2 Å². The SMILES string of the molecule is CCCC(=O)N1CCc2cc(C[C@@H](C)NCCOc3ccccc3OCC(F)(F)F)cc(C(N)=O)c21. The first-order chi connectivity index (χ1) is 17.1. The quantitative estimate of drug-likeness (QED) is 0.424. The molecule has 0 spiro atoms. The molecule has 1 heterocycles. The van der Waals surface area contributed by atoms with Crippen molar-refractivity contribution in [1.29, 1.82) is 0 Å². The van der Waals surface area contributed by atoms with Gasteiger partial charge in [0.1, 0.15) is 6.61 Å². The molecule has 7 nitrogen and oxygen atoms in total. The summed E-state index contributed by atoms with van der Waals surface area (Å²) >= 11 is 0. The summed E-state index contributed by atoms with van der Waals surface area (Å²) in [6, 6.07) is 10.0. The fourth-order valence-corrected chi connectivity index (χ4v) is 4.26. The van der Waals surface area contributed by atoms with E-state index in [9.17, 15) is 22.8 Å². The van der Waals surface area contributed by atoms with E-state index in [2.05, 4.69) is 5.32 Å². The second kappa shape index (κ2) is 12.1. The maximum atomic E-state index is 12.5. The lowest BCUT2D eigenvalue weighted by Crippen LogP contribution is -2.32. The van der Waals surface area contributed by atoms with Crippen LogP contribution in [0.25, 0.3) is 0 Å². The Kier molecular flexibility index (Phi) is 9.19. The van der Waals surface area contributed by atoms with Gasteiger partial charge in [0, 0.05) is 25.6 Å². The molecule has 10 heteroatoms. The molecule has 0 radical (unpaired) electrons. The van der Waals surface area contributed by atoms with E-state index in [0.717, 1.165) is 17.5 Å². The van der Waals surface area contributed by atoms with Crippen LogP contribution >= 0.6 is 0 Å². The minimum atomic E-state index is -4.43. The lowest BCUT2D eigenvalue weighted by Gasteiger charge is -2.21. The molecule has 2 amide bonds. The fraction of sp³-hybridized carbons (Fsp3) is 0.462. The Bertz CT molecular complexity index is 1070. The number of carbonyl (C=O) groups excluding carboxylic acids is 2. The average Bonchev–Trinajstić information content (AvgIpc) is 3.24. The van der Waals surface area contributed by atoms with Crippen LogP contribution in [0.5, 0.6) is 11.5 Å². The van der Waals surface area contributed by atoms with E-state index in [4.69, 9.17) is 15.2 Å². The van der Waals surface area contributed by atoms with Gasteiger partial charge in [-0.25, -0.2) is 0 Å². The summed E-state index contributed by atoms with van der Waals surface area (Å²) in [5.41, 5.74) is 8.51. The number of hydrogen-bond donors (Lipinski definition) is 2. The van der Waals surface area contributed by atoms with Crippen molar-refractivity contribution in [2.24, 2.45) is 5.73 Å². The van der Waals surface area contributed by atoms with E-state index in [1.807, 2.05) is 19.9 Å². The van der Waals surface area contributed by atoms with Crippen LogP contribution in [0.1, 0.15) is 48.2 Å². The van der Waals surface area contributed by atoms with E-state index in [-0.39, 0.29) is 30.1 Å². The molecule has 0 bridgehead atoms. The lowest BCUT2D eigenvalue weighted by molar-refractivity contribution is -0.153. The van der Waals surface area contributed by atoms with Crippen molar-refractivity contribution in [2.75, 3.05) is 31.2 Å². The summed E-state index contributed by atoms with van der Waals surface area (Å²) in [4.78, 5) is 26.3. The molecule has 1 aliphatic heterocycles. The van der Waals surface area contributed by atoms with Crippen LogP contribution in [0.2, 0.25) is 0 Å². The van der Waals surface area contributed by atoms with E-state index >= 15 is 0 Å². The van der Waals surface area contributed by atoms with Crippen molar-refractivity contribution in [3.05, 3.63) is 53.1 Å². The Morgan fingerprint density at radius 3 is 2.50 bits per heavy atom. The van der Waals surface area contributed by atoms with Crippen LogP contribution in [0.15, 0.2) is 36.4 Å². The molecule has 0 fully saturated rings. The zero-order valence-electron chi connectivity index (χ0n) is 20.5. The summed E-state index contributed by atoms with van der Waals surface area (Å²) in [6.45, 7) is 3.74. The van der Waals surface area contributed by atoms with Crippen molar-refractivity contribution in [2.45, 2.75) is 51.7 Å². The smallest absolute Gasteiger partial charge is 0.422 e. The molecule has 0 aromatic heterocycles. The molecule has 0 aliphatic carbocycles. The van der Waals surface area contributed by atoms with Gasteiger partial charge in [0.25, 0.3) is 5.91 Å². The van der Waals surface area contributed by atoms with Gasteiger partial charge in [-0.3, -0.25) is 9.59 Å². The number of para-hydroxylation sites is 2. The number of nitrogens with two attached hydrogens (primary N) is 1. The first kappa shape index (κ1) is 27.3. The molecular formula is C26H32F3N3O4. The molecule has 0 saturated heterocycles.